The Morgan fingerprint density at radius 1 is 1.04 bits per heavy atom. The number of nitrogens with two attached hydrogens (primary N) is 2. The standard InChI is InChI=1S/C16H16ClN3O5S2/c1-9-6-14(27(24,25)11-5-3-4-10(17)7-11)13(26(2,22)23)8-12(9)15(21)20-16(18)19/h3-8H,1-2H3,(H4,18,19,20,21). The van der Waals surface area contributed by atoms with E-state index in [9.17, 15) is 21.6 Å². The number of hydrogen-bond donors (Lipinski definition) is 2. The molecule has 2 aromatic rings. The zero-order valence-corrected chi connectivity index (χ0v) is 16.7. The summed E-state index contributed by atoms with van der Waals surface area (Å²) in [6.07, 6.45) is 0.837. The van der Waals surface area contributed by atoms with Crippen LogP contribution in [0.1, 0.15) is 15.9 Å². The number of aryl methyl sites for hydroxylation is 1. The molecular formula is C16H16ClN3O5S2. The molecule has 0 atom stereocenters. The van der Waals surface area contributed by atoms with Crippen LogP contribution in [0, 0.1) is 6.92 Å². The average molecular weight is 430 g/mol. The first-order chi connectivity index (χ1) is 12.3. The molecule has 27 heavy (non-hydrogen) atoms. The molecule has 4 N–H and O–H groups in total. The quantitative estimate of drug-likeness (QED) is 0.549. The van der Waals surface area contributed by atoms with Crippen molar-refractivity contribution < 1.29 is 21.6 Å². The van der Waals surface area contributed by atoms with Crippen molar-refractivity contribution in [3.05, 3.63) is 52.5 Å². The van der Waals surface area contributed by atoms with Crippen molar-refractivity contribution in [3.8, 4) is 0 Å². The molecule has 0 radical (unpaired) electrons. The molecule has 0 unspecified atom stereocenters. The van der Waals surface area contributed by atoms with Gasteiger partial charge in [-0.15, -0.1) is 0 Å². The minimum absolute atomic E-state index is 0.131. The summed E-state index contributed by atoms with van der Waals surface area (Å²) in [5.74, 6) is -1.39. The van der Waals surface area contributed by atoms with Crippen LogP contribution in [0.25, 0.3) is 0 Å². The third kappa shape index (κ3) is 4.46. The number of carbonyl (C=O) groups is 1. The van der Waals surface area contributed by atoms with E-state index in [1.807, 2.05) is 0 Å². The number of nitrogens with zero attached hydrogens (tertiary/aromatic N) is 1. The number of benzene rings is 2. The number of guanidine groups is 1. The smallest absolute Gasteiger partial charge is 0.280 e. The van der Waals surface area contributed by atoms with E-state index in [1.165, 1.54) is 31.2 Å². The second kappa shape index (κ2) is 7.29. The van der Waals surface area contributed by atoms with Crippen molar-refractivity contribution in [2.24, 2.45) is 16.5 Å². The minimum Gasteiger partial charge on any atom is -0.370 e. The highest BCUT2D eigenvalue weighted by Crippen LogP contribution is 2.31. The van der Waals surface area contributed by atoms with Crippen molar-refractivity contribution in [2.45, 2.75) is 21.6 Å². The maximum atomic E-state index is 13.0. The van der Waals surface area contributed by atoms with E-state index in [1.54, 1.807) is 0 Å². The van der Waals surface area contributed by atoms with Gasteiger partial charge in [0.15, 0.2) is 15.8 Å². The lowest BCUT2D eigenvalue weighted by Crippen LogP contribution is -2.24. The Morgan fingerprint density at radius 3 is 2.19 bits per heavy atom. The van der Waals surface area contributed by atoms with Crippen molar-refractivity contribution in [3.63, 3.8) is 0 Å². The molecule has 2 aromatic carbocycles. The molecule has 0 aliphatic carbocycles. The van der Waals surface area contributed by atoms with E-state index in [0.717, 1.165) is 18.4 Å². The topological polar surface area (TPSA) is 150 Å². The van der Waals surface area contributed by atoms with Crippen molar-refractivity contribution in [1.29, 1.82) is 0 Å². The molecule has 8 nitrogen and oxygen atoms in total. The van der Waals surface area contributed by atoms with Crippen LogP contribution in [-0.4, -0.2) is 35.0 Å². The Hall–Kier alpha value is -2.43. The van der Waals surface area contributed by atoms with Gasteiger partial charge in [-0.3, -0.25) is 4.79 Å². The first kappa shape index (κ1) is 20.9. The minimum atomic E-state index is -4.22. The summed E-state index contributed by atoms with van der Waals surface area (Å²) >= 11 is 5.85. The number of hydrogen-bond acceptors (Lipinski definition) is 5. The van der Waals surface area contributed by atoms with E-state index in [0.29, 0.717) is 0 Å². The van der Waals surface area contributed by atoms with E-state index in [2.05, 4.69) is 4.99 Å². The molecule has 0 bridgehead atoms. The fraction of sp³-hybridized carbons (Fsp3) is 0.125. The number of carbonyl (C=O) groups excluding carboxylic acids is 1. The van der Waals surface area contributed by atoms with E-state index < -0.39 is 41.3 Å². The monoisotopic (exact) mass is 429 g/mol. The molecule has 0 fully saturated rings. The molecular weight excluding hydrogens is 414 g/mol. The lowest BCUT2D eigenvalue weighted by atomic mass is 10.1. The second-order valence-electron chi connectivity index (χ2n) is 5.69. The third-order valence-electron chi connectivity index (χ3n) is 3.55. The van der Waals surface area contributed by atoms with E-state index in [-0.39, 0.29) is 21.0 Å². The number of amides is 1. The van der Waals surface area contributed by atoms with Crippen LogP contribution in [0.2, 0.25) is 5.02 Å². The number of sulfone groups is 2. The molecule has 0 aliphatic rings. The molecule has 0 aliphatic heterocycles. The second-order valence-corrected chi connectivity index (χ2v) is 10.0. The van der Waals surface area contributed by atoms with Crippen LogP contribution >= 0.6 is 11.6 Å². The van der Waals surface area contributed by atoms with E-state index >= 15 is 0 Å². The molecule has 1 amide bonds. The fourth-order valence-electron chi connectivity index (χ4n) is 2.33. The van der Waals surface area contributed by atoms with Gasteiger partial charge in [0.25, 0.3) is 5.91 Å². The lowest BCUT2D eigenvalue weighted by molar-refractivity contribution is 0.100. The SMILES string of the molecule is Cc1cc(S(=O)(=O)c2cccc(Cl)c2)c(S(C)(=O)=O)cc1C(=O)N=C(N)N. The van der Waals surface area contributed by atoms with E-state index in [4.69, 9.17) is 23.1 Å². The summed E-state index contributed by atoms with van der Waals surface area (Å²) in [6.45, 7) is 1.44. The fourth-order valence-corrected chi connectivity index (χ4v) is 5.57. The summed E-state index contributed by atoms with van der Waals surface area (Å²) in [6, 6.07) is 7.47. The van der Waals surface area contributed by atoms with Crippen LogP contribution in [0.4, 0.5) is 0 Å². The Labute approximate surface area is 161 Å². The summed E-state index contributed by atoms with van der Waals surface area (Å²) < 4.78 is 50.4. The predicted octanol–water partition coefficient (Wildman–Crippen LogP) is 1.30. The van der Waals surface area contributed by atoms with Gasteiger partial charge in [0.1, 0.15) is 0 Å². The first-order valence-electron chi connectivity index (χ1n) is 7.33. The van der Waals surface area contributed by atoms with Gasteiger partial charge >= 0.3 is 0 Å². The van der Waals surface area contributed by atoms with Gasteiger partial charge in [0, 0.05) is 16.8 Å². The number of rotatable bonds is 4. The Kier molecular flexibility index (Phi) is 5.64. The molecule has 0 saturated heterocycles. The Bertz CT molecular complexity index is 1170. The summed E-state index contributed by atoms with van der Waals surface area (Å²) in [7, 11) is -8.23. The van der Waals surface area contributed by atoms with Crippen molar-refractivity contribution in [1.82, 2.24) is 0 Å². The van der Waals surface area contributed by atoms with Crippen LogP contribution < -0.4 is 11.5 Å². The molecule has 0 saturated carbocycles. The van der Waals surface area contributed by atoms with Gasteiger partial charge < -0.3 is 11.5 Å². The molecule has 0 aromatic heterocycles. The number of aliphatic imine (C=N–C) groups is 1. The van der Waals surface area contributed by atoms with Gasteiger partial charge in [0.05, 0.1) is 14.7 Å². The molecule has 11 heteroatoms. The predicted molar refractivity (Wildman–Crippen MR) is 101 cm³/mol. The largest absolute Gasteiger partial charge is 0.370 e. The zero-order chi connectivity index (χ0) is 20.6. The average Bonchev–Trinajstić information content (AvgIpc) is 2.52. The van der Waals surface area contributed by atoms with Crippen LogP contribution in [0.5, 0.6) is 0 Å². The lowest BCUT2D eigenvalue weighted by Gasteiger charge is -2.13. The Morgan fingerprint density at radius 2 is 1.67 bits per heavy atom. The highest BCUT2D eigenvalue weighted by Gasteiger charge is 2.28. The van der Waals surface area contributed by atoms with Gasteiger partial charge in [-0.1, -0.05) is 17.7 Å². The van der Waals surface area contributed by atoms with Crippen molar-refractivity contribution in [2.75, 3.05) is 6.26 Å². The van der Waals surface area contributed by atoms with Crippen LogP contribution in [0.3, 0.4) is 0 Å². The first-order valence-corrected chi connectivity index (χ1v) is 11.1. The highest BCUT2D eigenvalue weighted by molar-refractivity contribution is 7.94. The molecule has 0 heterocycles. The number of halogens is 1. The normalized spacial score (nSPS) is 11.8. The van der Waals surface area contributed by atoms with Gasteiger partial charge in [-0.25, -0.2) is 16.8 Å². The highest BCUT2D eigenvalue weighted by atomic mass is 35.5. The van der Waals surface area contributed by atoms with Gasteiger partial charge in [-0.2, -0.15) is 4.99 Å². The maximum Gasteiger partial charge on any atom is 0.280 e. The Balaban J connectivity index is 2.83. The van der Waals surface area contributed by atoms with Crippen LogP contribution in [0.15, 0.2) is 56.1 Å². The van der Waals surface area contributed by atoms with Gasteiger partial charge in [0.2, 0.25) is 9.84 Å². The molecule has 2 rings (SSSR count). The zero-order valence-electron chi connectivity index (χ0n) is 14.3. The summed E-state index contributed by atoms with van der Waals surface area (Å²) in [4.78, 5) is 14.3. The van der Waals surface area contributed by atoms with Gasteiger partial charge in [-0.05, 0) is 42.8 Å². The molecule has 0 spiro atoms. The van der Waals surface area contributed by atoms with Crippen molar-refractivity contribution >= 4 is 43.1 Å². The summed E-state index contributed by atoms with van der Waals surface area (Å²) in [5.41, 5.74) is 10.4. The maximum absolute atomic E-state index is 13.0. The third-order valence-corrected chi connectivity index (χ3v) is 6.84. The molecule has 144 valence electrons. The summed E-state index contributed by atoms with van der Waals surface area (Å²) in [5, 5.41) is 0.174. The van der Waals surface area contributed by atoms with Crippen LogP contribution in [-0.2, 0) is 19.7 Å².